The molecule has 0 aliphatic rings. The van der Waals surface area contributed by atoms with E-state index in [-0.39, 0.29) is 17.8 Å². The van der Waals surface area contributed by atoms with E-state index in [4.69, 9.17) is 11.5 Å². The number of fused-ring (bicyclic) bond motifs is 1. The van der Waals surface area contributed by atoms with Crippen molar-refractivity contribution in [2.45, 2.75) is 50.7 Å². The summed E-state index contributed by atoms with van der Waals surface area (Å²) in [7, 11) is 0. The SMILES string of the molecule is NC(N)=NCCC[C@H](NC(=O)[C@@H](Cc1ccccc1)NCCCc1ccccc1)C(=O)NCc1cccc2ccccc12. The Morgan fingerprint density at radius 3 is 2.14 bits per heavy atom. The number of guanidine groups is 1. The van der Waals surface area contributed by atoms with Crippen molar-refractivity contribution in [3.05, 3.63) is 120 Å². The molecule has 0 aliphatic heterocycles. The average Bonchev–Trinajstić information content (AvgIpc) is 3.03. The molecule has 4 aromatic carbocycles. The fourth-order valence-corrected chi connectivity index (χ4v) is 5.12. The number of aryl methyl sites for hydroxylation is 1. The summed E-state index contributed by atoms with van der Waals surface area (Å²) < 4.78 is 0. The van der Waals surface area contributed by atoms with E-state index in [1.54, 1.807) is 0 Å². The maximum Gasteiger partial charge on any atom is 0.242 e. The molecule has 0 aliphatic carbocycles. The van der Waals surface area contributed by atoms with Crippen LogP contribution in [0.25, 0.3) is 10.8 Å². The highest BCUT2D eigenvalue weighted by Crippen LogP contribution is 2.18. The quantitative estimate of drug-likeness (QED) is 0.0783. The predicted octanol–water partition coefficient (Wildman–Crippen LogP) is 3.83. The van der Waals surface area contributed by atoms with Gasteiger partial charge >= 0.3 is 0 Å². The Bertz CT molecular complexity index is 1470. The molecule has 0 radical (unpaired) electrons. The summed E-state index contributed by atoms with van der Waals surface area (Å²) in [4.78, 5) is 31.2. The van der Waals surface area contributed by atoms with Gasteiger partial charge in [-0.15, -0.1) is 0 Å². The molecule has 7 N–H and O–H groups in total. The molecular weight excluding hydrogens is 536 g/mol. The van der Waals surface area contributed by atoms with E-state index in [1.165, 1.54) is 5.56 Å². The molecule has 224 valence electrons. The molecule has 0 heterocycles. The van der Waals surface area contributed by atoms with Gasteiger partial charge in [0.25, 0.3) is 0 Å². The molecule has 0 saturated heterocycles. The summed E-state index contributed by atoms with van der Waals surface area (Å²) in [5.74, 6) is -0.451. The first-order chi connectivity index (χ1) is 21.0. The van der Waals surface area contributed by atoms with Crippen LogP contribution in [0.4, 0.5) is 0 Å². The number of carbonyl (C=O) groups excluding carboxylic acids is 2. The minimum Gasteiger partial charge on any atom is -0.370 e. The minimum atomic E-state index is -0.735. The molecule has 8 heteroatoms. The normalized spacial score (nSPS) is 12.3. The van der Waals surface area contributed by atoms with Gasteiger partial charge < -0.3 is 27.4 Å². The van der Waals surface area contributed by atoms with Crippen molar-refractivity contribution in [1.82, 2.24) is 16.0 Å². The molecule has 0 saturated carbocycles. The summed E-state index contributed by atoms with van der Waals surface area (Å²) >= 11 is 0. The van der Waals surface area contributed by atoms with Gasteiger partial charge in [0.1, 0.15) is 6.04 Å². The van der Waals surface area contributed by atoms with Crippen LogP contribution in [-0.4, -0.2) is 42.9 Å². The number of aliphatic imine (C=N–C) groups is 1. The van der Waals surface area contributed by atoms with Gasteiger partial charge in [0.15, 0.2) is 5.96 Å². The lowest BCUT2D eigenvalue weighted by Crippen LogP contribution is -2.53. The van der Waals surface area contributed by atoms with Gasteiger partial charge in [-0.3, -0.25) is 14.6 Å². The lowest BCUT2D eigenvalue weighted by molar-refractivity contribution is -0.130. The molecule has 8 nitrogen and oxygen atoms in total. The van der Waals surface area contributed by atoms with E-state index in [9.17, 15) is 9.59 Å². The van der Waals surface area contributed by atoms with Crippen molar-refractivity contribution in [2.24, 2.45) is 16.5 Å². The van der Waals surface area contributed by atoms with E-state index in [2.05, 4.69) is 33.1 Å². The van der Waals surface area contributed by atoms with Gasteiger partial charge in [-0.2, -0.15) is 0 Å². The first kappa shape index (κ1) is 31.3. The van der Waals surface area contributed by atoms with Crippen LogP contribution in [0.1, 0.15) is 36.0 Å². The van der Waals surface area contributed by atoms with Crippen LogP contribution >= 0.6 is 0 Å². The first-order valence-electron chi connectivity index (χ1n) is 14.9. The van der Waals surface area contributed by atoms with Crippen molar-refractivity contribution in [2.75, 3.05) is 13.1 Å². The number of nitrogens with two attached hydrogens (primary N) is 2. The van der Waals surface area contributed by atoms with Crippen LogP contribution in [0.5, 0.6) is 0 Å². The topological polar surface area (TPSA) is 135 Å². The molecule has 0 unspecified atom stereocenters. The number of amides is 2. The first-order valence-corrected chi connectivity index (χ1v) is 14.9. The standard InChI is InChI=1S/C35H42N6O2/c36-35(37)39-23-11-21-31(33(42)40-25-29-19-9-18-28-17-7-8-20-30(28)29)41-34(43)32(24-27-14-5-2-6-15-27)38-22-10-16-26-12-3-1-4-13-26/h1-9,12-15,17-20,31-32,38H,10-11,16,21-25H2,(H,40,42)(H,41,43)(H4,36,37,39)/t31-,32+/m0/s1. The molecule has 2 amide bonds. The Kier molecular flexibility index (Phi) is 12.1. The summed E-state index contributed by atoms with van der Waals surface area (Å²) in [6.45, 7) is 1.39. The van der Waals surface area contributed by atoms with Gasteiger partial charge in [0.2, 0.25) is 11.8 Å². The third-order valence-corrected chi connectivity index (χ3v) is 7.39. The Labute approximate surface area is 254 Å². The van der Waals surface area contributed by atoms with Crippen molar-refractivity contribution in [1.29, 1.82) is 0 Å². The maximum atomic E-state index is 13.7. The third kappa shape index (κ3) is 10.3. The number of rotatable bonds is 16. The zero-order chi connectivity index (χ0) is 30.3. The fraction of sp³-hybridized carbons (Fsp3) is 0.286. The van der Waals surface area contributed by atoms with Crippen molar-refractivity contribution >= 4 is 28.5 Å². The molecule has 0 fully saturated rings. The molecule has 0 aromatic heterocycles. The highest BCUT2D eigenvalue weighted by Gasteiger charge is 2.25. The lowest BCUT2D eigenvalue weighted by Gasteiger charge is -2.23. The highest BCUT2D eigenvalue weighted by molar-refractivity contribution is 5.90. The molecular formula is C35H42N6O2. The maximum absolute atomic E-state index is 13.7. The molecule has 0 spiro atoms. The van der Waals surface area contributed by atoms with Crippen LogP contribution in [-0.2, 0) is 29.0 Å². The van der Waals surface area contributed by atoms with Crippen molar-refractivity contribution < 1.29 is 9.59 Å². The number of hydrogen-bond acceptors (Lipinski definition) is 4. The van der Waals surface area contributed by atoms with E-state index in [1.807, 2.05) is 91.0 Å². The Balaban J connectivity index is 1.43. The van der Waals surface area contributed by atoms with Crippen LogP contribution in [0, 0.1) is 0 Å². The monoisotopic (exact) mass is 578 g/mol. The minimum absolute atomic E-state index is 0.00335. The predicted molar refractivity (Wildman–Crippen MR) is 174 cm³/mol. The second-order valence-electron chi connectivity index (χ2n) is 10.7. The van der Waals surface area contributed by atoms with Gasteiger partial charge in [-0.1, -0.05) is 103 Å². The van der Waals surface area contributed by atoms with E-state index >= 15 is 0 Å². The smallest absolute Gasteiger partial charge is 0.242 e. The number of nitrogens with one attached hydrogen (secondary N) is 3. The second-order valence-corrected chi connectivity index (χ2v) is 10.7. The van der Waals surface area contributed by atoms with Gasteiger partial charge in [0, 0.05) is 13.1 Å². The largest absolute Gasteiger partial charge is 0.370 e. The number of nitrogens with zero attached hydrogens (tertiary/aromatic N) is 1. The van der Waals surface area contributed by atoms with Crippen LogP contribution < -0.4 is 27.4 Å². The third-order valence-electron chi connectivity index (χ3n) is 7.39. The van der Waals surface area contributed by atoms with Gasteiger partial charge in [-0.05, 0) is 66.1 Å². The summed E-state index contributed by atoms with van der Waals surface area (Å²) in [5, 5.41) is 11.7. The summed E-state index contributed by atoms with van der Waals surface area (Å²) in [5.41, 5.74) is 14.3. The fourth-order valence-electron chi connectivity index (χ4n) is 5.12. The van der Waals surface area contributed by atoms with Crippen molar-refractivity contribution in [3.8, 4) is 0 Å². The number of carbonyl (C=O) groups is 2. The van der Waals surface area contributed by atoms with Gasteiger partial charge in [0.05, 0.1) is 6.04 Å². The number of hydrogen-bond donors (Lipinski definition) is 5. The lowest BCUT2D eigenvalue weighted by atomic mass is 10.0. The molecule has 0 bridgehead atoms. The van der Waals surface area contributed by atoms with Crippen LogP contribution in [0.3, 0.4) is 0 Å². The number of benzene rings is 4. The summed E-state index contributed by atoms with van der Waals surface area (Å²) in [6, 6.07) is 33.1. The van der Waals surface area contributed by atoms with Gasteiger partial charge in [-0.25, -0.2) is 0 Å². The van der Waals surface area contributed by atoms with E-state index in [0.717, 1.165) is 34.7 Å². The molecule has 4 aromatic rings. The zero-order valence-corrected chi connectivity index (χ0v) is 24.5. The molecule has 2 atom stereocenters. The zero-order valence-electron chi connectivity index (χ0n) is 24.5. The molecule has 4 rings (SSSR count). The Hall–Kier alpha value is -4.69. The Morgan fingerprint density at radius 2 is 1.40 bits per heavy atom. The Morgan fingerprint density at radius 1 is 0.721 bits per heavy atom. The molecule has 43 heavy (non-hydrogen) atoms. The van der Waals surface area contributed by atoms with E-state index < -0.39 is 12.1 Å². The second kappa shape index (κ2) is 16.7. The van der Waals surface area contributed by atoms with E-state index in [0.29, 0.717) is 38.9 Å². The summed E-state index contributed by atoms with van der Waals surface area (Å²) in [6.07, 6.45) is 3.25. The average molecular weight is 579 g/mol. The van der Waals surface area contributed by atoms with Crippen LogP contribution in [0.15, 0.2) is 108 Å². The van der Waals surface area contributed by atoms with Crippen molar-refractivity contribution in [3.63, 3.8) is 0 Å². The van der Waals surface area contributed by atoms with Crippen LogP contribution in [0.2, 0.25) is 0 Å². The highest BCUT2D eigenvalue weighted by atomic mass is 16.2.